The lowest BCUT2D eigenvalue weighted by Crippen LogP contribution is -2.30. The smallest absolute Gasteiger partial charge is 0.243 e. The molecule has 0 unspecified atom stereocenters. The number of hydrogen-bond acceptors (Lipinski definition) is 4. The zero-order chi connectivity index (χ0) is 23.6. The van der Waals surface area contributed by atoms with Gasteiger partial charge in [-0.05, 0) is 68.1 Å². The number of pyridine rings is 1. The van der Waals surface area contributed by atoms with Crippen molar-refractivity contribution in [3.8, 4) is 0 Å². The van der Waals surface area contributed by atoms with Crippen molar-refractivity contribution < 1.29 is 13.2 Å². The minimum atomic E-state index is -3.62. The van der Waals surface area contributed by atoms with E-state index in [1.165, 1.54) is 4.31 Å². The minimum absolute atomic E-state index is 0.168. The third-order valence-electron chi connectivity index (χ3n) is 6.08. The molecule has 1 heterocycles. The summed E-state index contributed by atoms with van der Waals surface area (Å²) in [7, 11) is -3.62. The highest BCUT2D eigenvalue weighted by Gasteiger charge is 2.24. The van der Waals surface area contributed by atoms with Gasteiger partial charge in [-0.2, -0.15) is 4.31 Å². The molecule has 1 aromatic heterocycles. The first-order chi connectivity index (χ1) is 15.1. The van der Waals surface area contributed by atoms with Gasteiger partial charge in [0.2, 0.25) is 15.9 Å². The van der Waals surface area contributed by atoms with Crippen molar-refractivity contribution in [1.82, 2.24) is 9.29 Å². The average Bonchev–Trinajstić information content (AvgIpc) is 2.74. The van der Waals surface area contributed by atoms with Gasteiger partial charge < -0.3 is 5.32 Å². The summed E-state index contributed by atoms with van der Waals surface area (Å²) >= 11 is 0. The van der Waals surface area contributed by atoms with Crippen LogP contribution in [0.5, 0.6) is 0 Å². The highest BCUT2D eigenvalue weighted by molar-refractivity contribution is 7.89. The van der Waals surface area contributed by atoms with Crippen LogP contribution in [0.25, 0.3) is 10.9 Å². The van der Waals surface area contributed by atoms with E-state index in [-0.39, 0.29) is 17.2 Å². The fraction of sp³-hybridized carbons (Fsp3) is 0.360. The van der Waals surface area contributed by atoms with E-state index in [1.54, 1.807) is 12.1 Å². The third kappa shape index (κ3) is 4.54. The van der Waals surface area contributed by atoms with Crippen molar-refractivity contribution in [3.05, 3.63) is 64.3 Å². The van der Waals surface area contributed by atoms with Crippen molar-refractivity contribution >= 4 is 32.5 Å². The van der Waals surface area contributed by atoms with E-state index in [1.807, 2.05) is 65.8 Å². The summed E-state index contributed by atoms with van der Waals surface area (Å²) < 4.78 is 27.4. The van der Waals surface area contributed by atoms with Crippen molar-refractivity contribution in [3.63, 3.8) is 0 Å². The number of rotatable bonds is 7. The molecule has 0 saturated carbocycles. The summed E-state index contributed by atoms with van der Waals surface area (Å²) in [6.07, 6.45) is 0.168. The first-order valence-corrected chi connectivity index (χ1v) is 12.3. The number of sulfonamides is 1. The number of benzene rings is 2. The molecule has 0 aliphatic rings. The Balaban J connectivity index is 1.94. The van der Waals surface area contributed by atoms with Gasteiger partial charge in [0.05, 0.1) is 16.8 Å². The molecule has 7 heteroatoms. The van der Waals surface area contributed by atoms with E-state index in [4.69, 9.17) is 0 Å². The Bertz CT molecular complexity index is 1280. The molecular weight excluding hydrogens is 422 g/mol. The molecule has 0 spiro atoms. The Morgan fingerprint density at radius 1 is 1.00 bits per heavy atom. The van der Waals surface area contributed by atoms with Crippen LogP contribution in [-0.4, -0.2) is 36.7 Å². The number of carbonyl (C=O) groups is 1. The number of hydrogen-bond donors (Lipinski definition) is 1. The number of anilines is 1. The van der Waals surface area contributed by atoms with Crippen LogP contribution in [0.2, 0.25) is 0 Å². The molecule has 0 bridgehead atoms. The van der Waals surface area contributed by atoms with E-state index < -0.39 is 10.0 Å². The molecule has 0 aliphatic heterocycles. The highest BCUT2D eigenvalue weighted by atomic mass is 32.2. The largest absolute Gasteiger partial charge is 0.326 e. The molecule has 32 heavy (non-hydrogen) atoms. The molecule has 1 amide bonds. The van der Waals surface area contributed by atoms with Gasteiger partial charge >= 0.3 is 0 Å². The number of amides is 1. The van der Waals surface area contributed by atoms with Gasteiger partial charge in [0.25, 0.3) is 0 Å². The van der Waals surface area contributed by atoms with E-state index in [0.29, 0.717) is 18.8 Å². The molecule has 6 nitrogen and oxygen atoms in total. The van der Waals surface area contributed by atoms with Crippen LogP contribution in [0.1, 0.15) is 41.8 Å². The Morgan fingerprint density at radius 3 is 2.31 bits per heavy atom. The number of para-hydroxylation sites is 1. The number of aryl methyl sites for hydroxylation is 3. The van der Waals surface area contributed by atoms with Crippen LogP contribution in [0, 0.1) is 27.7 Å². The lowest BCUT2D eigenvalue weighted by atomic mass is 9.99. The Morgan fingerprint density at radius 2 is 1.66 bits per heavy atom. The summed E-state index contributed by atoms with van der Waals surface area (Å²) in [5, 5.41) is 3.97. The van der Waals surface area contributed by atoms with Crippen LogP contribution >= 0.6 is 0 Å². The fourth-order valence-corrected chi connectivity index (χ4v) is 5.57. The second kappa shape index (κ2) is 9.38. The van der Waals surface area contributed by atoms with Gasteiger partial charge in [-0.3, -0.25) is 9.78 Å². The Hall–Kier alpha value is -2.77. The second-order valence-electron chi connectivity index (χ2n) is 8.04. The predicted octanol–water partition coefficient (Wildman–Crippen LogP) is 4.68. The van der Waals surface area contributed by atoms with Crippen LogP contribution in [0.3, 0.4) is 0 Å². The lowest BCUT2D eigenvalue weighted by molar-refractivity contribution is -0.115. The summed E-state index contributed by atoms with van der Waals surface area (Å²) in [6, 6.07) is 11.1. The van der Waals surface area contributed by atoms with E-state index in [9.17, 15) is 13.2 Å². The summed E-state index contributed by atoms with van der Waals surface area (Å²) in [4.78, 5) is 17.8. The van der Waals surface area contributed by atoms with Crippen molar-refractivity contribution in [1.29, 1.82) is 0 Å². The number of aromatic nitrogens is 1. The van der Waals surface area contributed by atoms with Gasteiger partial charge in [-0.15, -0.1) is 0 Å². The van der Waals surface area contributed by atoms with Crippen molar-refractivity contribution in [2.75, 3.05) is 18.4 Å². The number of nitrogens with zero attached hydrogens (tertiary/aromatic N) is 2. The maximum absolute atomic E-state index is 13.0. The molecular formula is C25H31N3O3S. The van der Waals surface area contributed by atoms with E-state index in [2.05, 4.69) is 10.3 Å². The summed E-state index contributed by atoms with van der Waals surface area (Å²) in [6.45, 7) is 12.1. The van der Waals surface area contributed by atoms with Gasteiger partial charge in [-0.1, -0.05) is 32.0 Å². The van der Waals surface area contributed by atoms with Crippen molar-refractivity contribution in [2.45, 2.75) is 52.9 Å². The molecule has 2 aromatic carbocycles. The Labute approximate surface area is 190 Å². The molecule has 0 saturated heterocycles. The zero-order valence-electron chi connectivity index (χ0n) is 19.6. The second-order valence-corrected chi connectivity index (χ2v) is 9.98. The molecule has 3 rings (SSSR count). The number of carbonyl (C=O) groups excluding carboxylic acids is 1. The lowest BCUT2D eigenvalue weighted by Gasteiger charge is -2.20. The minimum Gasteiger partial charge on any atom is -0.326 e. The topological polar surface area (TPSA) is 79.4 Å². The fourth-order valence-electron chi connectivity index (χ4n) is 4.00. The number of fused-ring (bicyclic) bond motifs is 1. The summed E-state index contributed by atoms with van der Waals surface area (Å²) in [5.41, 5.74) is 5.84. The predicted molar refractivity (Wildman–Crippen MR) is 130 cm³/mol. The number of nitrogens with one attached hydrogen (secondary N) is 1. The maximum atomic E-state index is 13.0. The van der Waals surface area contributed by atoms with Crippen LogP contribution in [0.15, 0.2) is 41.3 Å². The molecule has 0 fully saturated rings. The van der Waals surface area contributed by atoms with Crippen LogP contribution in [0.4, 0.5) is 5.69 Å². The Kier molecular flexibility index (Phi) is 7.00. The quantitative estimate of drug-likeness (QED) is 0.563. The third-order valence-corrected chi connectivity index (χ3v) is 8.11. The molecule has 0 atom stereocenters. The normalized spacial score (nSPS) is 11.8. The maximum Gasteiger partial charge on any atom is 0.243 e. The molecule has 170 valence electrons. The zero-order valence-corrected chi connectivity index (χ0v) is 20.4. The van der Waals surface area contributed by atoms with Gasteiger partial charge in [0, 0.05) is 29.9 Å². The van der Waals surface area contributed by atoms with Crippen LogP contribution in [-0.2, 0) is 21.2 Å². The standard InChI is InChI=1S/C25H31N3O3S/c1-7-28(8-2)32(30,31)20-13-16(3)17(4)24(14-20)27-25(29)15-22-18(5)21-11-9-10-12-23(21)26-19(22)6/h9-14H,7-8,15H2,1-6H3,(H,27,29). The summed E-state index contributed by atoms with van der Waals surface area (Å²) in [5.74, 6) is -0.201. The van der Waals surface area contributed by atoms with Crippen LogP contribution < -0.4 is 5.32 Å². The SMILES string of the molecule is CCN(CC)S(=O)(=O)c1cc(C)c(C)c(NC(=O)Cc2c(C)nc3ccccc3c2C)c1. The highest BCUT2D eigenvalue weighted by Crippen LogP contribution is 2.27. The van der Waals surface area contributed by atoms with Gasteiger partial charge in [-0.25, -0.2) is 8.42 Å². The molecule has 3 aromatic rings. The van der Waals surface area contributed by atoms with E-state index >= 15 is 0 Å². The van der Waals surface area contributed by atoms with Gasteiger partial charge in [0.1, 0.15) is 0 Å². The molecule has 0 radical (unpaired) electrons. The average molecular weight is 454 g/mol. The first-order valence-electron chi connectivity index (χ1n) is 10.9. The molecule has 1 N–H and O–H groups in total. The molecule has 0 aliphatic carbocycles. The first kappa shape index (κ1) is 23.9. The van der Waals surface area contributed by atoms with Gasteiger partial charge in [0.15, 0.2) is 0 Å². The van der Waals surface area contributed by atoms with E-state index in [0.717, 1.165) is 38.9 Å². The van der Waals surface area contributed by atoms with Crippen molar-refractivity contribution in [2.24, 2.45) is 0 Å². The monoisotopic (exact) mass is 453 g/mol.